The van der Waals surface area contributed by atoms with E-state index >= 15 is 0 Å². The molecule has 0 heteroatoms. The summed E-state index contributed by atoms with van der Waals surface area (Å²) in [6.07, 6.45) is 3.23. The fourth-order valence-corrected chi connectivity index (χ4v) is 2.47. The minimum Gasteiger partial charge on any atom is -0.0617 e. The van der Waals surface area contributed by atoms with Crippen LogP contribution in [0.5, 0.6) is 0 Å². The lowest BCUT2D eigenvalue weighted by atomic mass is 9.91. The van der Waals surface area contributed by atoms with Gasteiger partial charge in [0.2, 0.25) is 0 Å². The summed E-state index contributed by atoms with van der Waals surface area (Å²) >= 11 is 0. The van der Waals surface area contributed by atoms with Gasteiger partial charge in [-0.1, -0.05) is 57.2 Å². The number of benzene rings is 2. The van der Waals surface area contributed by atoms with Gasteiger partial charge in [-0.2, -0.15) is 0 Å². The highest BCUT2D eigenvalue weighted by atomic mass is 14.1. The molecule has 0 aromatic heterocycles. The van der Waals surface area contributed by atoms with Crippen molar-refractivity contribution in [1.29, 1.82) is 0 Å². The van der Waals surface area contributed by atoms with Crippen molar-refractivity contribution >= 4 is 0 Å². The molecular formula is C18H21. The van der Waals surface area contributed by atoms with Crippen molar-refractivity contribution in [2.45, 2.75) is 40.0 Å². The largest absolute Gasteiger partial charge is 0.0617 e. The van der Waals surface area contributed by atoms with Crippen LogP contribution in [0.1, 0.15) is 37.5 Å². The maximum atomic E-state index is 3.41. The molecule has 0 nitrogen and oxygen atoms in total. The molecule has 1 radical (unpaired) electrons. The summed E-state index contributed by atoms with van der Waals surface area (Å²) in [5, 5.41) is 0. The minimum absolute atomic E-state index is 1.08. The van der Waals surface area contributed by atoms with Gasteiger partial charge in [-0.25, -0.2) is 0 Å². The molecule has 0 N–H and O–H groups in total. The SMILES string of the molecule is CCc1cc[c]c(-c2c(CC)cccc2CC)c1. The number of aryl methyl sites for hydroxylation is 3. The quantitative estimate of drug-likeness (QED) is 0.713. The summed E-state index contributed by atoms with van der Waals surface area (Å²) in [5.74, 6) is 0. The van der Waals surface area contributed by atoms with Gasteiger partial charge in [0.1, 0.15) is 0 Å². The van der Waals surface area contributed by atoms with Gasteiger partial charge in [-0.05, 0) is 53.1 Å². The fraction of sp³-hybridized carbons (Fsp3) is 0.333. The zero-order valence-electron chi connectivity index (χ0n) is 11.6. The van der Waals surface area contributed by atoms with Crippen LogP contribution in [0, 0.1) is 6.07 Å². The molecule has 0 aliphatic carbocycles. The number of hydrogen-bond acceptors (Lipinski definition) is 0. The van der Waals surface area contributed by atoms with Crippen LogP contribution in [0.3, 0.4) is 0 Å². The maximum Gasteiger partial charge on any atom is -0.00969 e. The maximum absolute atomic E-state index is 3.41. The van der Waals surface area contributed by atoms with Crippen LogP contribution in [-0.2, 0) is 19.3 Å². The summed E-state index contributed by atoms with van der Waals surface area (Å²) in [5.41, 5.74) is 6.90. The highest BCUT2D eigenvalue weighted by Crippen LogP contribution is 2.29. The van der Waals surface area contributed by atoms with Crippen molar-refractivity contribution in [2.24, 2.45) is 0 Å². The van der Waals surface area contributed by atoms with E-state index < -0.39 is 0 Å². The van der Waals surface area contributed by atoms with Gasteiger partial charge in [0.05, 0.1) is 0 Å². The second-order valence-corrected chi connectivity index (χ2v) is 4.62. The van der Waals surface area contributed by atoms with E-state index in [0.29, 0.717) is 0 Å². The van der Waals surface area contributed by atoms with E-state index in [1.807, 2.05) is 0 Å². The van der Waals surface area contributed by atoms with Gasteiger partial charge < -0.3 is 0 Å². The Bertz CT molecular complexity index is 501. The normalized spacial score (nSPS) is 10.6. The first kappa shape index (κ1) is 12.9. The summed E-state index contributed by atoms with van der Waals surface area (Å²) in [4.78, 5) is 0. The van der Waals surface area contributed by atoms with Crippen molar-refractivity contribution in [3.8, 4) is 11.1 Å². The Morgan fingerprint density at radius 1 is 0.889 bits per heavy atom. The Hall–Kier alpha value is -1.56. The lowest BCUT2D eigenvalue weighted by molar-refractivity contribution is 1.09. The van der Waals surface area contributed by atoms with E-state index in [-0.39, 0.29) is 0 Å². The minimum atomic E-state index is 1.08. The van der Waals surface area contributed by atoms with E-state index in [1.54, 1.807) is 0 Å². The van der Waals surface area contributed by atoms with Crippen molar-refractivity contribution < 1.29 is 0 Å². The molecule has 0 saturated heterocycles. The van der Waals surface area contributed by atoms with E-state index in [9.17, 15) is 0 Å². The summed E-state index contributed by atoms with van der Waals surface area (Å²) in [7, 11) is 0. The standard InChI is InChI=1S/C18H21/c1-4-14-9-7-12-17(13-14)18-15(5-2)10-8-11-16(18)6-3/h7-11,13H,4-6H2,1-3H3. The number of rotatable bonds is 4. The third-order valence-electron chi connectivity index (χ3n) is 3.54. The zero-order chi connectivity index (χ0) is 13.0. The average Bonchev–Trinajstić information content (AvgIpc) is 2.46. The molecule has 0 spiro atoms. The average molecular weight is 237 g/mol. The van der Waals surface area contributed by atoms with Gasteiger partial charge in [0.15, 0.2) is 0 Å². The van der Waals surface area contributed by atoms with Gasteiger partial charge in [-0.15, -0.1) is 0 Å². The third-order valence-corrected chi connectivity index (χ3v) is 3.54. The Morgan fingerprint density at radius 3 is 2.11 bits per heavy atom. The van der Waals surface area contributed by atoms with Crippen molar-refractivity contribution in [3.63, 3.8) is 0 Å². The van der Waals surface area contributed by atoms with Gasteiger partial charge in [0.25, 0.3) is 0 Å². The van der Waals surface area contributed by atoms with Crippen LogP contribution in [0.2, 0.25) is 0 Å². The Labute approximate surface area is 111 Å². The Balaban J connectivity index is 2.60. The van der Waals surface area contributed by atoms with Crippen molar-refractivity contribution in [1.82, 2.24) is 0 Å². The molecule has 0 atom stereocenters. The molecular weight excluding hydrogens is 216 g/mol. The molecule has 0 aliphatic heterocycles. The Morgan fingerprint density at radius 2 is 1.56 bits per heavy atom. The first-order chi connectivity index (χ1) is 8.80. The van der Waals surface area contributed by atoms with Crippen LogP contribution in [-0.4, -0.2) is 0 Å². The molecule has 18 heavy (non-hydrogen) atoms. The van der Waals surface area contributed by atoms with Crippen LogP contribution >= 0.6 is 0 Å². The van der Waals surface area contributed by atoms with E-state index in [0.717, 1.165) is 19.3 Å². The molecule has 0 aliphatic rings. The van der Waals surface area contributed by atoms with Crippen LogP contribution in [0.25, 0.3) is 11.1 Å². The molecule has 2 aromatic carbocycles. The topological polar surface area (TPSA) is 0 Å². The zero-order valence-corrected chi connectivity index (χ0v) is 11.6. The highest BCUT2D eigenvalue weighted by Gasteiger charge is 2.09. The van der Waals surface area contributed by atoms with E-state index in [2.05, 4.69) is 63.2 Å². The van der Waals surface area contributed by atoms with Gasteiger partial charge in [-0.3, -0.25) is 0 Å². The fourth-order valence-electron chi connectivity index (χ4n) is 2.47. The van der Waals surface area contributed by atoms with Crippen molar-refractivity contribution in [2.75, 3.05) is 0 Å². The highest BCUT2D eigenvalue weighted by molar-refractivity contribution is 5.71. The van der Waals surface area contributed by atoms with Gasteiger partial charge >= 0.3 is 0 Å². The second-order valence-electron chi connectivity index (χ2n) is 4.62. The monoisotopic (exact) mass is 237 g/mol. The van der Waals surface area contributed by atoms with Crippen LogP contribution < -0.4 is 0 Å². The molecule has 0 unspecified atom stereocenters. The smallest absolute Gasteiger partial charge is 0.00969 e. The predicted octanol–water partition coefficient (Wildman–Crippen LogP) is 4.84. The lowest BCUT2D eigenvalue weighted by Gasteiger charge is -2.14. The van der Waals surface area contributed by atoms with E-state index in [1.165, 1.54) is 27.8 Å². The van der Waals surface area contributed by atoms with Gasteiger partial charge in [0, 0.05) is 0 Å². The molecule has 2 rings (SSSR count). The second kappa shape index (κ2) is 5.86. The van der Waals surface area contributed by atoms with Crippen LogP contribution in [0.4, 0.5) is 0 Å². The Kier molecular flexibility index (Phi) is 4.19. The summed E-state index contributed by atoms with van der Waals surface area (Å²) in [6.45, 7) is 6.65. The first-order valence-electron chi connectivity index (χ1n) is 6.91. The van der Waals surface area contributed by atoms with Crippen molar-refractivity contribution in [3.05, 3.63) is 59.2 Å². The third kappa shape index (κ3) is 2.48. The molecule has 0 bridgehead atoms. The molecule has 0 heterocycles. The van der Waals surface area contributed by atoms with E-state index in [4.69, 9.17) is 0 Å². The van der Waals surface area contributed by atoms with Crippen LogP contribution in [0.15, 0.2) is 36.4 Å². The molecule has 0 amide bonds. The lowest BCUT2D eigenvalue weighted by Crippen LogP contribution is -1.95. The first-order valence-corrected chi connectivity index (χ1v) is 6.91. The predicted molar refractivity (Wildman–Crippen MR) is 78.8 cm³/mol. The number of hydrogen-bond donors (Lipinski definition) is 0. The molecule has 2 aromatic rings. The summed E-state index contributed by atoms with van der Waals surface area (Å²) < 4.78 is 0. The molecule has 0 fully saturated rings. The summed E-state index contributed by atoms with van der Waals surface area (Å²) in [6, 6.07) is 16.6. The molecule has 0 saturated carbocycles. The molecule has 93 valence electrons.